The highest BCUT2D eigenvalue weighted by Gasteiger charge is 2.20. The second-order valence-electron chi connectivity index (χ2n) is 5.54. The minimum Gasteiger partial charge on any atom is -0.493 e. The fourth-order valence-corrected chi connectivity index (χ4v) is 3.95. The van der Waals surface area contributed by atoms with Gasteiger partial charge >= 0.3 is 0 Å². The van der Waals surface area contributed by atoms with Crippen LogP contribution in [0, 0.1) is 0 Å². The first-order chi connectivity index (χ1) is 12.5. The van der Waals surface area contributed by atoms with E-state index in [1.807, 2.05) is 36.4 Å². The zero-order valence-electron chi connectivity index (χ0n) is 14.5. The maximum absolute atomic E-state index is 13.0. The lowest BCUT2D eigenvalue weighted by Gasteiger charge is -2.14. The summed E-state index contributed by atoms with van der Waals surface area (Å²) in [6, 6.07) is 21.2. The van der Waals surface area contributed by atoms with E-state index in [4.69, 9.17) is 9.47 Å². The van der Waals surface area contributed by atoms with Crippen LogP contribution in [-0.2, 0) is 10.0 Å². The molecule has 3 rings (SSSR count). The van der Waals surface area contributed by atoms with Gasteiger partial charge in [-0.25, -0.2) is 8.42 Å². The lowest BCUT2D eigenvalue weighted by molar-refractivity contribution is 0.355. The van der Waals surface area contributed by atoms with Crippen molar-refractivity contribution in [3.8, 4) is 22.6 Å². The Hall–Kier alpha value is -2.99. The molecule has 1 N–H and O–H groups in total. The summed E-state index contributed by atoms with van der Waals surface area (Å²) < 4.78 is 39.0. The molecule has 0 aliphatic rings. The molecule has 0 atom stereocenters. The van der Waals surface area contributed by atoms with Crippen LogP contribution in [0.4, 0.5) is 5.69 Å². The van der Waals surface area contributed by atoms with Crippen molar-refractivity contribution in [2.24, 2.45) is 0 Å². The molecule has 0 spiro atoms. The predicted octanol–water partition coefficient (Wildman–Crippen LogP) is 4.17. The molecule has 0 heterocycles. The molecule has 0 saturated heterocycles. The third-order valence-electron chi connectivity index (χ3n) is 3.90. The van der Waals surface area contributed by atoms with Gasteiger partial charge in [-0.3, -0.25) is 4.72 Å². The average Bonchev–Trinajstić information content (AvgIpc) is 2.68. The molecule has 0 radical (unpaired) electrons. The summed E-state index contributed by atoms with van der Waals surface area (Å²) in [6.45, 7) is 0. The molecule has 26 heavy (non-hydrogen) atoms. The van der Waals surface area contributed by atoms with Gasteiger partial charge in [0.05, 0.1) is 24.8 Å². The van der Waals surface area contributed by atoms with Crippen molar-refractivity contribution in [3.05, 3.63) is 72.8 Å². The van der Waals surface area contributed by atoms with Crippen molar-refractivity contribution in [3.63, 3.8) is 0 Å². The first-order valence-corrected chi connectivity index (χ1v) is 9.43. The van der Waals surface area contributed by atoms with Crippen LogP contribution in [0.15, 0.2) is 77.7 Å². The summed E-state index contributed by atoms with van der Waals surface area (Å²) in [5.41, 5.74) is 1.87. The Morgan fingerprint density at radius 1 is 0.769 bits per heavy atom. The van der Waals surface area contributed by atoms with Crippen molar-refractivity contribution in [2.75, 3.05) is 18.9 Å². The van der Waals surface area contributed by atoms with Crippen LogP contribution in [-0.4, -0.2) is 22.6 Å². The van der Waals surface area contributed by atoms with E-state index in [1.165, 1.54) is 14.2 Å². The Kier molecular flexibility index (Phi) is 5.14. The number of ether oxygens (including phenoxy) is 2. The SMILES string of the molecule is COc1ccc(NS(=O)(=O)c2ccccc2-c2ccccc2)cc1OC. The van der Waals surface area contributed by atoms with Gasteiger partial charge in [-0.05, 0) is 23.8 Å². The van der Waals surface area contributed by atoms with Gasteiger partial charge in [-0.1, -0.05) is 48.5 Å². The van der Waals surface area contributed by atoms with Crippen molar-refractivity contribution in [1.82, 2.24) is 0 Å². The molecule has 3 aromatic rings. The molecule has 0 saturated carbocycles. The van der Waals surface area contributed by atoms with Crippen molar-refractivity contribution in [2.45, 2.75) is 4.90 Å². The number of hydrogen-bond donors (Lipinski definition) is 1. The van der Waals surface area contributed by atoms with E-state index in [9.17, 15) is 8.42 Å². The van der Waals surface area contributed by atoms with Gasteiger partial charge in [-0.2, -0.15) is 0 Å². The quantitative estimate of drug-likeness (QED) is 0.708. The number of methoxy groups -OCH3 is 2. The Labute approximate surface area is 153 Å². The van der Waals surface area contributed by atoms with Gasteiger partial charge in [0, 0.05) is 11.6 Å². The number of anilines is 1. The fraction of sp³-hybridized carbons (Fsp3) is 0.100. The summed E-state index contributed by atoms with van der Waals surface area (Å²) in [7, 11) is -0.757. The van der Waals surface area contributed by atoms with Crippen LogP contribution >= 0.6 is 0 Å². The van der Waals surface area contributed by atoms with Crippen LogP contribution < -0.4 is 14.2 Å². The summed E-state index contributed by atoms with van der Waals surface area (Å²) >= 11 is 0. The zero-order chi connectivity index (χ0) is 18.6. The van der Waals surface area contributed by atoms with Gasteiger partial charge in [0.25, 0.3) is 10.0 Å². The van der Waals surface area contributed by atoms with Gasteiger partial charge in [-0.15, -0.1) is 0 Å². The molecule has 0 amide bonds. The van der Waals surface area contributed by atoms with Crippen molar-refractivity contribution >= 4 is 15.7 Å². The first-order valence-electron chi connectivity index (χ1n) is 7.94. The second kappa shape index (κ2) is 7.49. The molecule has 0 aromatic heterocycles. The first kappa shape index (κ1) is 17.8. The molecule has 0 unspecified atom stereocenters. The van der Waals surface area contributed by atoms with E-state index in [0.717, 1.165) is 5.56 Å². The lowest BCUT2D eigenvalue weighted by Crippen LogP contribution is -2.14. The smallest absolute Gasteiger partial charge is 0.262 e. The molecule has 0 bridgehead atoms. The van der Waals surface area contributed by atoms with Crippen LogP contribution in [0.5, 0.6) is 11.5 Å². The largest absolute Gasteiger partial charge is 0.493 e. The predicted molar refractivity (Wildman–Crippen MR) is 102 cm³/mol. The number of benzene rings is 3. The van der Waals surface area contributed by atoms with Crippen LogP contribution in [0.25, 0.3) is 11.1 Å². The Morgan fingerprint density at radius 2 is 1.42 bits per heavy atom. The van der Waals surface area contributed by atoms with E-state index in [2.05, 4.69) is 4.72 Å². The monoisotopic (exact) mass is 369 g/mol. The number of nitrogens with one attached hydrogen (secondary N) is 1. The minimum atomic E-state index is -3.78. The molecule has 0 aliphatic carbocycles. The van der Waals surface area contributed by atoms with E-state index in [1.54, 1.807) is 36.4 Å². The molecular weight excluding hydrogens is 350 g/mol. The zero-order valence-corrected chi connectivity index (χ0v) is 15.3. The van der Waals surface area contributed by atoms with E-state index in [-0.39, 0.29) is 4.90 Å². The number of hydrogen-bond acceptors (Lipinski definition) is 4. The lowest BCUT2D eigenvalue weighted by atomic mass is 10.1. The van der Waals surface area contributed by atoms with Gasteiger partial charge < -0.3 is 9.47 Å². The van der Waals surface area contributed by atoms with E-state index < -0.39 is 10.0 Å². The Bertz CT molecular complexity index is 1000. The van der Waals surface area contributed by atoms with E-state index in [0.29, 0.717) is 22.7 Å². The minimum absolute atomic E-state index is 0.209. The van der Waals surface area contributed by atoms with Gasteiger partial charge in [0.15, 0.2) is 11.5 Å². The third-order valence-corrected chi connectivity index (χ3v) is 5.34. The maximum Gasteiger partial charge on any atom is 0.262 e. The van der Waals surface area contributed by atoms with Crippen molar-refractivity contribution < 1.29 is 17.9 Å². The summed E-state index contributed by atoms with van der Waals surface area (Å²) in [4.78, 5) is 0.209. The standard InChI is InChI=1S/C20H19NO4S/c1-24-18-13-12-16(14-19(18)25-2)21-26(22,23)20-11-7-6-10-17(20)15-8-4-3-5-9-15/h3-14,21H,1-2H3. The molecule has 6 heteroatoms. The molecule has 0 fully saturated rings. The van der Waals surface area contributed by atoms with E-state index >= 15 is 0 Å². The third kappa shape index (κ3) is 3.65. The topological polar surface area (TPSA) is 64.6 Å². The summed E-state index contributed by atoms with van der Waals surface area (Å²) in [5, 5.41) is 0. The second-order valence-corrected chi connectivity index (χ2v) is 7.19. The summed E-state index contributed by atoms with van der Waals surface area (Å²) in [6.07, 6.45) is 0. The number of rotatable bonds is 6. The highest BCUT2D eigenvalue weighted by atomic mass is 32.2. The Balaban J connectivity index is 2.00. The normalized spacial score (nSPS) is 11.0. The van der Waals surface area contributed by atoms with Gasteiger partial charge in [0.1, 0.15) is 0 Å². The molecule has 0 aliphatic heterocycles. The molecule has 5 nitrogen and oxygen atoms in total. The molecule has 3 aromatic carbocycles. The average molecular weight is 369 g/mol. The fourth-order valence-electron chi connectivity index (χ4n) is 2.67. The molecular formula is C20H19NO4S. The summed E-state index contributed by atoms with van der Waals surface area (Å²) in [5.74, 6) is 0.976. The Morgan fingerprint density at radius 3 is 2.12 bits per heavy atom. The number of sulfonamides is 1. The van der Waals surface area contributed by atoms with Crippen LogP contribution in [0.2, 0.25) is 0 Å². The highest BCUT2D eigenvalue weighted by molar-refractivity contribution is 7.92. The van der Waals surface area contributed by atoms with Gasteiger partial charge in [0.2, 0.25) is 0 Å². The highest BCUT2D eigenvalue weighted by Crippen LogP contribution is 2.32. The van der Waals surface area contributed by atoms with Crippen LogP contribution in [0.3, 0.4) is 0 Å². The maximum atomic E-state index is 13.0. The molecule has 134 valence electrons. The van der Waals surface area contributed by atoms with Crippen molar-refractivity contribution in [1.29, 1.82) is 0 Å². The van der Waals surface area contributed by atoms with Crippen LogP contribution in [0.1, 0.15) is 0 Å².